The molecule has 31 heavy (non-hydrogen) atoms. The molecule has 0 atom stereocenters. The number of rotatable bonds is 6. The Hall–Kier alpha value is -4.06. The molecule has 154 valence electrons. The summed E-state index contributed by atoms with van der Waals surface area (Å²) in [5.74, 6) is 2.19. The molecule has 0 saturated heterocycles. The van der Waals surface area contributed by atoms with Crippen LogP contribution in [0.4, 0.5) is 0 Å². The van der Waals surface area contributed by atoms with Crippen LogP contribution >= 0.6 is 0 Å². The first-order chi connectivity index (χ1) is 15.2. The molecule has 6 nitrogen and oxygen atoms in total. The topological polar surface area (TPSA) is 64.4 Å². The van der Waals surface area contributed by atoms with Crippen LogP contribution in [-0.2, 0) is 13.1 Å². The van der Waals surface area contributed by atoms with Crippen molar-refractivity contribution in [1.82, 2.24) is 14.5 Å². The van der Waals surface area contributed by atoms with Crippen molar-refractivity contribution in [3.05, 3.63) is 108 Å². The molecule has 0 saturated carbocycles. The number of aryl methyl sites for hydroxylation is 1. The van der Waals surface area contributed by atoms with Gasteiger partial charge in [-0.2, -0.15) is 0 Å². The molecule has 5 aromatic rings. The number of imidazole rings is 1. The number of furan rings is 2. The van der Waals surface area contributed by atoms with Crippen LogP contribution in [0.25, 0.3) is 16.7 Å². The number of carbonyl (C=O) groups is 1. The number of fused-ring (bicyclic) bond motifs is 1. The second kappa shape index (κ2) is 7.99. The Morgan fingerprint density at radius 3 is 2.19 bits per heavy atom. The van der Waals surface area contributed by atoms with Crippen LogP contribution < -0.4 is 0 Å². The molecule has 5 rings (SSSR count). The molecule has 0 bridgehead atoms. The van der Waals surface area contributed by atoms with Crippen LogP contribution in [-0.4, -0.2) is 20.4 Å². The minimum atomic E-state index is -0.110. The minimum Gasteiger partial charge on any atom is -0.467 e. The second-order valence-corrected chi connectivity index (χ2v) is 7.35. The zero-order valence-corrected chi connectivity index (χ0v) is 17.1. The summed E-state index contributed by atoms with van der Waals surface area (Å²) in [5.41, 5.74) is 3.36. The Bertz CT molecular complexity index is 1270. The summed E-state index contributed by atoms with van der Waals surface area (Å²) in [6.07, 6.45) is 3.21. The fourth-order valence-corrected chi connectivity index (χ4v) is 3.80. The molecule has 0 aliphatic heterocycles. The second-order valence-electron chi connectivity index (χ2n) is 7.35. The molecule has 0 fully saturated rings. The van der Waals surface area contributed by atoms with E-state index < -0.39 is 0 Å². The Balaban J connectivity index is 1.49. The molecule has 2 aromatic carbocycles. The quantitative estimate of drug-likeness (QED) is 0.377. The van der Waals surface area contributed by atoms with Gasteiger partial charge in [-0.25, -0.2) is 4.98 Å². The lowest BCUT2D eigenvalue weighted by Crippen LogP contribution is -2.29. The number of benzene rings is 2. The molecule has 0 spiro atoms. The normalized spacial score (nSPS) is 11.1. The molecule has 0 N–H and O–H groups in total. The largest absolute Gasteiger partial charge is 0.467 e. The first kappa shape index (κ1) is 18.9. The molecule has 0 aliphatic carbocycles. The first-order valence-electron chi connectivity index (χ1n) is 10.1. The summed E-state index contributed by atoms with van der Waals surface area (Å²) in [6, 6.07) is 23.1. The summed E-state index contributed by atoms with van der Waals surface area (Å²) >= 11 is 0. The highest BCUT2D eigenvalue weighted by Gasteiger charge is 2.20. The highest BCUT2D eigenvalue weighted by atomic mass is 16.3. The third-order valence-electron chi connectivity index (χ3n) is 5.22. The van der Waals surface area contributed by atoms with Crippen molar-refractivity contribution in [3.63, 3.8) is 0 Å². The van der Waals surface area contributed by atoms with E-state index in [-0.39, 0.29) is 5.91 Å². The SMILES string of the molecule is Cc1nc2cc(C(=O)N(Cc3ccco3)Cc3ccco3)ccc2n1-c1ccccc1. The maximum absolute atomic E-state index is 13.4. The van der Waals surface area contributed by atoms with Gasteiger partial charge in [0.15, 0.2) is 0 Å². The van der Waals surface area contributed by atoms with Crippen molar-refractivity contribution < 1.29 is 13.6 Å². The molecule has 0 unspecified atom stereocenters. The van der Waals surface area contributed by atoms with Crippen LogP contribution in [0.2, 0.25) is 0 Å². The number of amides is 1. The van der Waals surface area contributed by atoms with Gasteiger partial charge in [0.1, 0.15) is 17.3 Å². The number of nitrogens with zero attached hydrogens (tertiary/aromatic N) is 3. The number of para-hydroxylation sites is 1. The molecular weight excluding hydrogens is 390 g/mol. The van der Waals surface area contributed by atoms with Crippen LogP contribution in [0.5, 0.6) is 0 Å². The van der Waals surface area contributed by atoms with Gasteiger partial charge in [-0.1, -0.05) is 18.2 Å². The van der Waals surface area contributed by atoms with Crippen LogP contribution in [0, 0.1) is 6.92 Å². The van der Waals surface area contributed by atoms with Crippen LogP contribution in [0.1, 0.15) is 27.7 Å². The number of hydrogen-bond donors (Lipinski definition) is 0. The van der Waals surface area contributed by atoms with Gasteiger partial charge in [-0.15, -0.1) is 0 Å². The van der Waals surface area contributed by atoms with Gasteiger partial charge in [0.2, 0.25) is 0 Å². The summed E-state index contributed by atoms with van der Waals surface area (Å²) < 4.78 is 13.0. The number of hydrogen-bond acceptors (Lipinski definition) is 4. The lowest BCUT2D eigenvalue weighted by atomic mass is 10.1. The van der Waals surface area contributed by atoms with Gasteiger partial charge < -0.3 is 13.7 Å². The smallest absolute Gasteiger partial charge is 0.254 e. The van der Waals surface area contributed by atoms with E-state index in [0.717, 1.165) is 22.5 Å². The lowest BCUT2D eigenvalue weighted by Gasteiger charge is -2.20. The molecule has 1 amide bonds. The van der Waals surface area contributed by atoms with E-state index in [0.29, 0.717) is 30.2 Å². The van der Waals surface area contributed by atoms with Crippen molar-refractivity contribution in [3.8, 4) is 5.69 Å². The van der Waals surface area contributed by atoms with Crippen molar-refractivity contribution in [2.45, 2.75) is 20.0 Å². The van der Waals surface area contributed by atoms with E-state index in [9.17, 15) is 4.79 Å². The number of carbonyl (C=O) groups excluding carboxylic acids is 1. The van der Waals surface area contributed by atoms with Crippen molar-refractivity contribution in [1.29, 1.82) is 0 Å². The van der Waals surface area contributed by atoms with E-state index in [1.807, 2.05) is 79.7 Å². The van der Waals surface area contributed by atoms with Gasteiger partial charge in [0, 0.05) is 11.3 Å². The predicted octanol–water partition coefficient (Wildman–Crippen LogP) is 5.36. The van der Waals surface area contributed by atoms with Crippen molar-refractivity contribution in [2.75, 3.05) is 0 Å². The van der Waals surface area contributed by atoms with Gasteiger partial charge in [0.25, 0.3) is 5.91 Å². The van der Waals surface area contributed by atoms with E-state index in [1.165, 1.54) is 0 Å². The summed E-state index contributed by atoms with van der Waals surface area (Å²) in [5, 5.41) is 0. The Morgan fingerprint density at radius 2 is 1.58 bits per heavy atom. The maximum atomic E-state index is 13.4. The third kappa shape index (κ3) is 3.75. The van der Waals surface area contributed by atoms with Crippen LogP contribution in [0.15, 0.2) is 94.2 Å². The van der Waals surface area contributed by atoms with E-state index in [4.69, 9.17) is 13.8 Å². The first-order valence-corrected chi connectivity index (χ1v) is 10.1. The number of aromatic nitrogens is 2. The molecule has 3 heterocycles. The summed E-state index contributed by atoms with van der Waals surface area (Å²) in [6.45, 7) is 2.67. The fourth-order valence-electron chi connectivity index (χ4n) is 3.80. The zero-order valence-electron chi connectivity index (χ0n) is 17.1. The highest BCUT2D eigenvalue weighted by molar-refractivity contribution is 5.97. The Kier molecular flexibility index (Phi) is 4.88. The Labute approximate surface area is 179 Å². The van der Waals surface area contributed by atoms with Crippen molar-refractivity contribution in [2.24, 2.45) is 0 Å². The minimum absolute atomic E-state index is 0.110. The van der Waals surface area contributed by atoms with Gasteiger partial charge >= 0.3 is 0 Å². The third-order valence-corrected chi connectivity index (χ3v) is 5.22. The zero-order chi connectivity index (χ0) is 21.2. The summed E-state index contributed by atoms with van der Waals surface area (Å²) in [4.78, 5) is 19.8. The molecule has 3 aromatic heterocycles. The Morgan fingerprint density at radius 1 is 0.903 bits per heavy atom. The average Bonchev–Trinajstić information content (AvgIpc) is 3.54. The monoisotopic (exact) mass is 411 g/mol. The molecule has 0 radical (unpaired) electrons. The summed E-state index contributed by atoms with van der Waals surface area (Å²) in [7, 11) is 0. The lowest BCUT2D eigenvalue weighted by molar-refractivity contribution is 0.0705. The van der Waals surface area contributed by atoms with E-state index in [1.54, 1.807) is 17.4 Å². The average molecular weight is 411 g/mol. The standard InChI is InChI=1S/C25H21N3O3/c1-18-26-23-15-19(11-12-24(23)28(18)20-7-3-2-4-8-20)25(29)27(16-21-9-5-13-30-21)17-22-10-6-14-31-22/h2-15H,16-17H2,1H3. The van der Waals surface area contributed by atoms with E-state index in [2.05, 4.69) is 4.57 Å². The molecule has 0 aliphatic rings. The van der Waals surface area contributed by atoms with Gasteiger partial charge in [-0.3, -0.25) is 9.36 Å². The van der Waals surface area contributed by atoms with Crippen molar-refractivity contribution >= 4 is 16.9 Å². The molecule has 6 heteroatoms. The van der Waals surface area contributed by atoms with Gasteiger partial charge in [-0.05, 0) is 61.5 Å². The van der Waals surface area contributed by atoms with Crippen LogP contribution in [0.3, 0.4) is 0 Å². The fraction of sp³-hybridized carbons (Fsp3) is 0.120. The van der Waals surface area contributed by atoms with Gasteiger partial charge in [0.05, 0.1) is 36.6 Å². The predicted molar refractivity (Wildman–Crippen MR) is 117 cm³/mol. The van der Waals surface area contributed by atoms with E-state index >= 15 is 0 Å². The highest BCUT2D eigenvalue weighted by Crippen LogP contribution is 2.24. The molecular formula is C25H21N3O3. The maximum Gasteiger partial charge on any atom is 0.254 e.